The fraction of sp³-hybridized carbons (Fsp3) is 0.950. The molecule has 0 heterocycles. The third-order valence-electron chi connectivity index (χ3n) is 4.93. The normalized spacial score (nSPS) is 16.1. The van der Waals surface area contributed by atoms with Gasteiger partial charge in [0, 0.05) is 0 Å². The van der Waals surface area contributed by atoms with Gasteiger partial charge in [0.05, 0.1) is 0 Å². The number of unbranched alkanes of at least 4 members (excludes halogenated alkanes) is 7. The van der Waals surface area contributed by atoms with E-state index in [9.17, 15) is 0 Å². The summed E-state index contributed by atoms with van der Waals surface area (Å²) in [5, 5.41) is 0. The van der Waals surface area contributed by atoms with Gasteiger partial charge in [0.25, 0.3) is 0 Å². The van der Waals surface area contributed by atoms with Crippen molar-refractivity contribution in [1.82, 2.24) is 0 Å². The Labute approximate surface area is 130 Å². The van der Waals surface area contributed by atoms with E-state index < -0.39 is 0 Å². The molecule has 0 saturated heterocycles. The van der Waals surface area contributed by atoms with Crippen LogP contribution in [0.1, 0.15) is 112 Å². The van der Waals surface area contributed by atoms with E-state index in [1.54, 1.807) is 0 Å². The van der Waals surface area contributed by atoms with Crippen molar-refractivity contribution < 1.29 is 0 Å². The van der Waals surface area contributed by atoms with Gasteiger partial charge < -0.3 is 0 Å². The molecular formula is C20H41. The van der Waals surface area contributed by atoms with Gasteiger partial charge in [0.1, 0.15) is 0 Å². The van der Waals surface area contributed by atoms with E-state index >= 15 is 0 Å². The zero-order valence-electron chi connectivity index (χ0n) is 15.1. The highest BCUT2D eigenvalue weighted by Gasteiger charge is 2.23. The van der Waals surface area contributed by atoms with Crippen molar-refractivity contribution >= 4 is 0 Å². The van der Waals surface area contributed by atoms with Crippen LogP contribution in [0, 0.1) is 17.8 Å². The molecule has 2 atom stereocenters. The van der Waals surface area contributed by atoms with Crippen molar-refractivity contribution in [3.8, 4) is 0 Å². The van der Waals surface area contributed by atoms with Gasteiger partial charge >= 0.3 is 0 Å². The van der Waals surface area contributed by atoms with Crippen LogP contribution < -0.4 is 0 Å². The molecule has 0 aromatic heterocycles. The molecule has 2 unspecified atom stereocenters. The van der Waals surface area contributed by atoms with Crippen LogP contribution in [-0.4, -0.2) is 0 Å². The lowest BCUT2D eigenvalue weighted by molar-refractivity contribution is 0.221. The molecule has 0 fully saturated rings. The van der Waals surface area contributed by atoms with E-state index in [1.165, 1.54) is 77.0 Å². The predicted molar refractivity (Wildman–Crippen MR) is 94.0 cm³/mol. The fourth-order valence-electron chi connectivity index (χ4n) is 3.24. The summed E-state index contributed by atoms with van der Waals surface area (Å²) in [6.45, 7) is 11.9. The Bertz CT molecular complexity index is 196. The molecule has 0 bridgehead atoms. The summed E-state index contributed by atoms with van der Waals surface area (Å²) >= 11 is 0. The molecule has 0 aliphatic carbocycles. The molecule has 0 amide bonds. The van der Waals surface area contributed by atoms with Gasteiger partial charge in [0.15, 0.2) is 0 Å². The first-order valence-electron chi connectivity index (χ1n) is 9.41. The molecule has 0 aromatic rings. The Morgan fingerprint density at radius 2 is 1.45 bits per heavy atom. The topological polar surface area (TPSA) is 0 Å². The highest BCUT2D eigenvalue weighted by Crippen LogP contribution is 2.36. The second-order valence-corrected chi connectivity index (χ2v) is 7.24. The van der Waals surface area contributed by atoms with Gasteiger partial charge in [-0.1, -0.05) is 92.4 Å². The van der Waals surface area contributed by atoms with Crippen LogP contribution in [0.3, 0.4) is 0 Å². The monoisotopic (exact) mass is 281 g/mol. The quantitative estimate of drug-likeness (QED) is 0.288. The average Bonchev–Trinajstić information content (AvgIpc) is 2.43. The highest BCUT2D eigenvalue weighted by molar-refractivity contribution is 4.81. The van der Waals surface area contributed by atoms with Gasteiger partial charge in [-0.3, -0.25) is 0 Å². The van der Waals surface area contributed by atoms with E-state index in [4.69, 9.17) is 0 Å². The second kappa shape index (κ2) is 12.7. The van der Waals surface area contributed by atoms with E-state index in [0.717, 1.165) is 5.92 Å². The Morgan fingerprint density at radius 1 is 0.850 bits per heavy atom. The summed E-state index contributed by atoms with van der Waals surface area (Å²) in [7, 11) is 0. The third kappa shape index (κ3) is 10.7. The number of hydrogen-bond donors (Lipinski definition) is 0. The smallest absolute Gasteiger partial charge is 0.0326 e. The molecule has 0 aliphatic heterocycles. The SMILES string of the molecule is CCCCCCC[CH]C(C)CC(C)(CC)CCCCC. The minimum atomic E-state index is 0.577. The van der Waals surface area contributed by atoms with E-state index in [2.05, 4.69) is 41.0 Å². The minimum absolute atomic E-state index is 0.577. The van der Waals surface area contributed by atoms with Gasteiger partial charge in [-0.15, -0.1) is 0 Å². The van der Waals surface area contributed by atoms with Crippen LogP contribution >= 0.6 is 0 Å². The first-order chi connectivity index (χ1) is 9.58. The van der Waals surface area contributed by atoms with Gasteiger partial charge in [-0.05, 0) is 37.0 Å². The Kier molecular flexibility index (Phi) is 12.7. The van der Waals surface area contributed by atoms with Crippen molar-refractivity contribution in [2.45, 2.75) is 112 Å². The molecule has 121 valence electrons. The number of hydrogen-bond acceptors (Lipinski definition) is 0. The molecule has 0 aromatic carbocycles. The van der Waals surface area contributed by atoms with Crippen LogP contribution in [0.2, 0.25) is 0 Å². The zero-order valence-corrected chi connectivity index (χ0v) is 15.1. The van der Waals surface area contributed by atoms with Gasteiger partial charge in [-0.2, -0.15) is 0 Å². The molecule has 0 aliphatic rings. The largest absolute Gasteiger partial charge is 0.0654 e. The summed E-state index contributed by atoms with van der Waals surface area (Å²) in [6.07, 6.45) is 19.3. The molecule has 0 spiro atoms. The predicted octanol–water partition coefficient (Wildman–Crippen LogP) is 7.57. The molecule has 1 radical (unpaired) electrons. The van der Waals surface area contributed by atoms with Crippen LogP contribution in [0.15, 0.2) is 0 Å². The van der Waals surface area contributed by atoms with Gasteiger partial charge in [-0.25, -0.2) is 0 Å². The highest BCUT2D eigenvalue weighted by atomic mass is 14.3. The van der Waals surface area contributed by atoms with Crippen molar-refractivity contribution in [2.75, 3.05) is 0 Å². The van der Waals surface area contributed by atoms with Crippen LogP contribution in [-0.2, 0) is 0 Å². The number of rotatable bonds is 14. The Hall–Kier alpha value is 0. The lowest BCUT2D eigenvalue weighted by Gasteiger charge is -2.31. The Balaban J connectivity index is 3.76. The summed E-state index contributed by atoms with van der Waals surface area (Å²) < 4.78 is 0. The Morgan fingerprint density at radius 3 is 2.05 bits per heavy atom. The van der Waals surface area contributed by atoms with Crippen LogP contribution in [0.25, 0.3) is 0 Å². The first-order valence-corrected chi connectivity index (χ1v) is 9.41. The van der Waals surface area contributed by atoms with E-state index in [1.807, 2.05) is 0 Å². The average molecular weight is 282 g/mol. The standard InChI is InChI=1S/C20H41/c1-6-9-11-12-13-14-16-19(4)18-20(5,8-3)17-15-10-7-2/h16,19H,6-15,17-18H2,1-5H3. The lowest BCUT2D eigenvalue weighted by Crippen LogP contribution is -2.19. The summed E-state index contributed by atoms with van der Waals surface area (Å²) in [5.74, 6) is 0.799. The molecule has 0 heteroatoms. The molecular weight excluding hydrogens is 240 g/mol. The van der Waals surface area contributed by atoms with Crippen molar-refractivity contribution in [1.29, 1.82) is 0 Å². The first kappa shape index (κ1) is 20.0. The molecule has 0 N–H and O–H groups in total. The van der Waals surface area contributed by atoms with E-state index in [0.29, 0.717) is 5.41 Å². The van der Waals surface area contributed by atoms with Crippen LogP contribution in [0.5, 0.6) is 0 Å². The molecule has 0 saturated carbocycles. The summed E-state index contributed by atoms with van der Waals surface area (Å²) in [4.78, 5) is 0. The molecule has 0 rings (SSSR count). The maximum atomic E-state index is 2.60. The fourth-order valence-corrected chi connectivity index (χ4v) is 3.24. The minimum Gasteiger partial charge on any atom is -0.0654 e. The second-order valence-electron chi connectivity index (χ2n) is 7.24. The van der Waals surface area contributed by atoms with Crippen molar-refractivity contribution in [3.63, 3.8) is 0 Å². The summed E-state index contributed by atoms with van der Waals surface area (Å²) in [5.41, 5.74) is 0.577. The maximum Gasteiger partial charge on any atom is -0.0326 e. The lowest BCUT2D eigenvalue weighted by atomic mass is 9.74. The van der Waals surface area contributed by atoms with Crippen molar-refractivity contribution in [2.24, 2.45) is 11.3 Å². The molecule has 0 nitrogen and oxygen atoms in total. The van der Waals surface area contributed by atoms with E-state index in [-0.39, 0.29) is 0 Å². The summed E-state index contributed by atoms with van der Waals surface area (Å²) in [6, 6.07) is 0. The third-order valence-corrected chi connectivity index (χ3v) is 4.93. The zero-order chi connectivity index (χ0) is 15.3. The maximum absolute atomic E-state index is 2.60. The van der Waals surface area contributed by atoms with Crippen molar-refractivity contribution in [3.05, 3.63) is 6.42 Å². The van der Waals surface area contributed by atoms with Crippen LogP contribution in [0.4, 0.5) is 0 Å². The molecule has 20 heavy (non-hydrogen) atoms. The van der Waals surface area contributed by atoms with Gasteiger partial charge in [0.2, 0.25) is 0 Å².